The van der Waals surface area contributed by atoms with Gasteiger partial charge in [0.05, 0.1) is 11.7 Å². The molecule has 2 aromatic carbocycles. The molecule has 0 unspecified atom stereocenters. The minimum Gasteiger partial charge on any atom is -0.459 e. The lowest BCUT2D eigenvalue weighted by Gasteiger charge is -2.10. The summed E-state index contributed by atoms with van der Waals surface area (Å²) in [4.78, 5) is 16.5. The Bertz CT molecular complexity index is 653. The first-order chi connectivity index (χ1) is 11.7. The number of oxime groups is 1. The molecule has 0 bridgehead atoms. The first-order valence-electron chi connectivity index (χ1n) is 7.76. The fourth-order valence-corrected chi connectivity index (χ4v) is 2.16. The predicted octanol–water partition coefficient (Wildman–Crippen LogP) is 3.28. The predicted molar refractivity (Wildman–Crippen MR) is 92.9 cm³/mol. The summed E-state index contributed by atoms with van der Waals surface area (Å²) in [6, 6.07) is 17.1. The van der Waals surface area contributed by atoms with Crippen LogP contribution in [0.3, 0.4) is 0 Å². The highest BCUT2D eigenvalue weighted by Crippen LogP contribution is 2.19. The lowest BCUT2D eigenvalue weighted by Crippen LogP contribution is -2.18. The smallest absolute Gasteiger partial charge is 0.338 e. The quantitative estimate of drug-likeness (QED) is 0.459. The molecule has 0 amide bonds. The van der Waals surface area contributed by atoms with Crippen LogP contribution in [0.5, 0.6) is 0 Å². The summed E-state index contributed by atoms with van der Waals surface area (Å²) in [6.45, 7) is -0.0416. The van der Waals surface area contributed by atoms with Gasteiger partial charge in [0.2, 0.25) is 0 Å². The highest BCUT2D eigenvalue weighted by Gasteiger charge is 2.11. The van der Waals surface area contributed by atoms with Crippen molar-refractivity contribution in [3.8, 4) is 11.1 Å². The van der Waals surface area contributed by atoms with Crippen LogP contribution in [0.2, 0.25) is 0 Å². The number of rotatable bonds is 8. The van der Waals surface area contributed by atoms with Crippen LogP contribution < -0.4 is 0 Å². The summed E-state index contributed by atoms with van der Waals surface area (Å²) in [5.41, 5.74) is 2.58. The number of aliphatic hydroxyl groups is 1. The number of nitrogens with zero attached hydrogens (tertiary/aromatic N) is 1. The third-order valence-electron chi connectivity index (χ3n) is 3.44. The maximum Gasteiger partial charge on any atom is 0.338 e. The summed E-state index contributed by atoms with van der Waals surface area (Å²) in [5, 5.41) is 13.3. The van der Waals surface area contributed by atoms with Gasteiger partial charge >= 0.3 is 5.97 Å². The molecule has 0 aromatic heterocycles. The Morgan fingerprint density at radius 3 is 2.46 bits per heavy atom. The van der Waals surface area contributed by atoms with Gasteiger partial charge in [-0.1, -0.05) is 47.6 Å². The number of carbonyl (C=O) groups is 1. The molecule has 24 heavy (non-hydrogen) atoms. The highest BCUT2D eigenvalue weighted by atomic mass is 16.6. The molecule has 2 aromatic rings. The second kappa shape index (κ2) is 9.47. The van der Waals surface area contributed by atoms with Crippen molar-refractivity contribution in [2.75, 3.05) is 13.7 Å². The summed E-state index contributed by atoms with van der Waals surface area (Å²) in [5.74, 6) is -0.445. The van der Waals surface area contributed by atoms with Gasteiger partial charge in [0.15, 0.2) is 0 Å². The van der Waals surface area contributed by atoms with Crippen LogP contribution in [0.1, 0.15) is 23.2 Å². The third kappa shape index (κ3) is 5.52. The molecule has 5 nitrogen and oxygen atoms in total. The molecule has 1 atom stereocenters. The van der Waals surface area contributed by atoms with E-state index in [0.29, 0.717) is 18.4 Å². The second-order valence-electron chi connectivity index (χ2n) is 5.24. The number of benzene rings is 2. The summed E-state index contributed by atoms with van der Waals surface area (Å²) >= 11 is 0. The Morgan fingerprint density at radius 1 is 1.12 bits per heavy atom. The molecule has 0 aliphatic heterocycles. The van der Waals surface area contributed by atoms with Crippen molar-refractivity contribution < 1.29 is 19.5 Å². The first kappa shape index (κ1) is 17.7. The van der Waals surface area contributed by atoms with Crippen LogP contribution in [0.25, 0.3) is 11.1 Å². The van der Waals surface area contributed by atoms with E-state index in [2.05, 4.69) is 9.99 Å². The maximum absolute atomic E-state index is 12.0. The average molecular weight is 327 g/mol. The lowest BCUT2D eigenvalue weighted by atomic mass is 10.0. The molecule has 0 radical (unpaired) electrons. The van der Waals surface area contributed by atoms with Crippen molar-refractivity contribution >= 4 is 12.2 Å². The minimum absolute atomic E-state index is 0.0416. The molecule has 0 saturated heterocycles. The molecule has 0 aliphatic carbocycles. The molecule has 0 spiro atoms. The van der Waals surface area contributed by atoms with Crippen LogP contribution in [0, 0.1) is 0 Å². The lowest BCUT2D eigenvalue weighted by molar-refractivity contribution is 0.0244. The van der Waals surface area contributed by atoms with E-state index in [-0.39, 0.29) is 6.61 Å². The summed E-state index contributed by atoms with van der Waals surface area (Å²) in [6.07, 6.45) is 1.85. The molecule has 126 valence electrons. The van der Waals surface area contributed by atoms with Gasteiger partial charge in [-0.05, 0) is 36.1 Å². The number of ether oxygens (including phenoxy) is 1. The normalized spacial score (nSPS) is 12.1. The Morgan fingerprint density at radius 2 is 1.79 bits per heavy atom. The van der Waals surface area contributed by atoms with Gasteiger partial charge in [0.25, 0.3) is 0 Å². The van der Waals surface area contributed by atoms with Crippen LogP contribution in [0.4, 0.5) is 0 Å². The number of hydrogen-bond donors (Lipinski definition) is 1. The molecule has 1 N–H and O–H groups in total. The Kier molecular flexibility index (Phi) is 6.98. The van der Waals surface area contributed by atoms with Gasteiger partial charge in [-0.3, -0.25) is 0 Å². The molecular formula is C19H21NO4. The molecule has 2 rings (SSSR count). The van der Waals surface area contributed by atoms with E-state index in [9.17, 15) is 9.90 Å². The van der Waals surface area contributed by atoms with Crippen LogP contribution in [-0.2, 0) is 9.57 Å². The number of carbonyl (C=O) groups excluding carboxylic acids is 1. The zero-order chi connectivity index (χ0) is 17.2. The highest BCUT2D eigenvalue weighted by molar-refractivity contribution is 5.90. The molecule has 0 heterocycles. The monoisotopic (exact) mass is 327 g/mol. The maximum atomic E-state index is 12.0. The van der Waals surface area contributed by atoms with E-state index in [4.69, 9.17) is 4.74 Å². The van der Waals surface area contributed by atoms with E-state index in [0.717, 1.165) is 11.1 Å². The first-order valence-corrected chi connectivity index (χ1v) is 7.76. The standard InChI is InChI=1S/C19H21NO4/c1-23-20-13-5-8-18(21)14-24-19(22)17-11-9-16(10-12-17)15-6-3-2-4-7-15/h2-4,6-7,9-13,18,21H,5,8,14H2,1H3/t18-/m0/s1. The largest absolute Gasteiger partial charge is 0.459 e. The van der Waals surface area contributed by atoms with Crippen molar-refractivity contribution in [3.63, 3.8) is 0 Å². The summed E-state index contributed by atoms with van der Waals surface area (Å²) in [7, 11) is 1.46. The molecule has 0 fully saturated rings. The van der Waals surface area contributed by atoms with Crippen molar-refractivity contribution in [1.29, 1.82) is 0 Å². The van der Waals surface area contributed by atoms with E-state index >= 15 is 0 Å². The molecular weight excluding hydrogens is 306 g/mol. The van der Waals surface area contributed by atoms with Gasteiger partial charge in [-0.15, -0.1) is 0 Å². The molecule has 5 heteroatoms. The topological polar surface area (TPSA) is 68.1 Å². The van der Waals surface area contributed by atoms with E-state index in [1.165, 1.54) is 7.11 Å². The van der Waals surface area contributed by atoms with Crippen molar-refractivity contribution in [2.24, 2.45) is 5.16 Å². The van der Waals surface area contributed by atoms with Gasteiger partial charge in [-0.2, -0.15) is 0 Å². The van der Waals surface area contributed by atoms with E-state index in [1.54, 1.807) is 18.3 Å². The Labute approximate surface area is 141 Å². The van der Waals surface area contributed by atoms with Crippen LogP contribution in [-0.4, -0.2) is 37.1 Å². The fraction of sp³-hybridized carbons (Fsp3) is 0.263. The SMILES string of the molecule is CON=CCC[C@H](O)COC(=O)c1ccc(-c2ccccc2)cc1. The zero-order valence-electron chi connectivity index (χ0n) is 13.6. The fourth-order valence-electron chi connectivity index (χ4n) is 2.16. The summed E-state index contributed by atoms with van der Waals surface area (Å²) < 4.78 is 5.13. The van der Waals surface area contributed by atoms with Crippen molar-refractivity contribution in [2.45, 2.75) is 18.9 Å². The second-order valence-corrected chi connectivity index (χ2v) is 5.24. The molecule has 0 aliphatic rings. The van der Waals surface area contributed by atoms with E-state index in [1.807, 2.05) is 42.5 Å². The van der Waals surface area contributed by atoms with E-state index < -0.39 is 12.1 Å². The minimum atomic E-state index is -0.721. The van der Waals surface area contributed by atoms with Crippen molar-refractivity contribution in [3.05, 3.63) is 60.2 Å². The zero-order valence-corrected chi connectivity index (χ0v) is 13.6. The third-order valence-corrected chi connectivity index (χ3v) is 3.44. The van der Waals surface area contributed by atoms with Crippen LogP contribution in [0.15, 0.2) is 59.8 Å². The Hall–Kier alpha value is -2.66. The van der Waals surface area contributed by atoms with Gasteiger partial charge < -0.3 is 14.7 Å². The number of esters is 1. The number of aliphatic hydroxyl groups excluding tert-OH is 1. The van der Waals surface area contributed by atoms with Gasteiger partial charge in [0, 0.05) is 6.21 Å². The Balaban J connectivity index is 1.83. The van der Waals surface area contributed by atoms with Gasteiger partial charge in [0.1, 0.15) is 13.7 Å². The van der Waals surface area contributed by atoms with Gasteiger partial charge in [-0.25, -0.2) is 4.79 Å². The van der Waals surface area contributed by atoms with Crippen molar-refractivity contribution in [1.82, 2.24) is 0 Å². The number of hydrogen-bond acceptors (Lipinski definition) is 5. The average Bonchev–Trinajstić information content (AvgIpc) is 2.64. The molecule has 0 saturated carbocycles. The van der Waals surface area contributed by atoms with Crippen LogP contribution >= 0.6 is 0 Å².